The molecule has 4 aliphatic rings. The first-order valence-corrected chi connectivity index (χ1v) is 17.4. The van der Waals surface area contributed by atoms with Gasteiger partial charge >= 0.3 is 6.16 Å². The largest absolute Gasteiger partial charge is 0.508 e. The molecule has 0 aromatic heterocycles. The molecule has 0 aromatic carbocycles. The number of allylic oxidation sites excluding steroid dienone is 1. The third kappa shape index (κ3) is 7.45. The van der Waals surface area contributed by atoms with Gasteiger partial charge in [0.15, 0.2) is 0 Å². The van der Waals surface area contributed by atoms with Crippen molar-refractivity contribution in [3.8, 4) is 0 Å². The molecule has 0 amide bonds. The summed E-state index contributed by atoms with van der Waals surface area (Å²) in [4.78, 5) is 12.4. The van der Waals surface area contributed by atoms with Gasteiger partial charge in [-0.3, -0.25) is 0 Å². The lowest BCUT2D eigenvalue weighted by molar-refractivity contribution is -0.0563. The fourth-order valence-corrected chi connectivity index (χ4v) is 9.69. The first kappa shape index (κ1) is 31.0. The van der Waals surface area contributed by atoms with Gasteiger partial charge < -0.3 is 9.47 Å². The van der Waals surface area contributed by atoms with E-state index in [0.717, 1.165) is 49.4 Å². The molecule has 0 unspecified atom stereocenters. The van der Waals surface area contributed by atoms with Crippen LogP contribution in [0.15, 0.2) is 11.6 Å². The van der Waals surface area contributed by atoms with Crippen molar-refractivity contribution in [2.24, 2.45) is 34.5 Å². The summed E-state index contributed by atoms with van der Waals surface area (Å²) in [5.41, 5.74) is 2.48. The smallest absolute Gasteiger partial charge is 0.434 e. The zero-order chi connectivity index (χ0) is 27.7. The Hall–Kier alpha value is -0.990. The highest BCUT2D eigenvalue weighted by molar-refractivity contribution is 5.60. The molecule has 4 aliphatic carbocycles. The Balaban J connectivity index is 1.24. The lowest BCUT2D eigenvalue weighted by Gasteiger charge is -2.58. The number of ether oxygens (including phenoxy) is 2. The van der Waals surface area contributed by atoms with Crippen LogP contribution in [0.3, 0.4) is 0 Å². The quantitative estimate of drug-likeness (QED) is 0.117. The predicted molar refractivity (Wildman–Crippen MR) is 163 cm³/mol. The van der Waals surface area contributed by atoms with E-state index < -0.39 is 6.16 Å². The number of carbonyl (C=O) groups excluding carboxylic acids is 1. The molecule has 4 rings (SSSR count). The maximum absolute atomic E-state index is 12.4. The van der Waals surface area contributed by atoms with E-state index in [4.69, 9.17) is 9.47 Å². The Kier molecular flexibility index (Phi) is 11.7. The number of carbonyl (C=O) groups is 1. The molecule has 0 bridgehead atoms. The number of fused-ring (bicyclic) bond motifs is 5. The van der Waals surface area contributed by atoms with E-state index >= 15 is 0 Å². The van der Waals surface area contributed by atoms with Gasteiger partial charge in [0.1, 0.15) is 6.10 Å². The van der Waals surface area contributed by atoms with Gasteiger partial charge in [0.25, 0.3) is 0 Å². The summed E-state index contributed by atoms with van der Waals surface area (Å²) in [5, 5.41) is 0. The Bertz CT molecular complexity index is 788. The Morgan fingerprint density at radius 2 is 1.51 bits per heavy atom. The molecule has 0 N–H and O–H groups in total. The summed E-state index contributed by atoms with van der Waals surface area (Å²) in [6.07, 6.45) is 29.5. The summed E-state index contributed by atoms with van der Waals surface area (Å²) in [6.45, 7) is 10.3. The van der Waals surface area contributed by atoms with E-state index in [0.29, 0.717) is 17.4 Å². The maximum atomic E-state index is 12.4. The van der Waals surface area contributed by atoms with E-state index in [-0.39, 0.29) is 6.10 Å². The lowest BCUT2D eigenvalue weighted by atomic mass is 9.47. The van der Waals surface area contributed by atoms with Crippen LogP contribution in [0.2, 0.25) is 0 Å². The molecule has 7 atom stereocenters. The third-order valence-electron chi connectivity index (χ3n) is 12.1. The second kappa shape index (κ2) is 14.8. The summed E-state index contributed by atoms with van der Waals surface area (Å²) in [6, 6.07) is 0. The zero-order valence-electron chi connectivity index (χ0n) is 26.2. The fourth-order valence-electron chi connectivity index (χ4n) is 9.69. The van der Waals surface area contributed by atoms with E-state index in [9.17, 15) is 4.79 Å². The van der Waals surface area contributed by atoms with Crippen molar-refractivity contribution in [1.29, 1.82) is 0 Å². The highest BCUT2D eigenvalue weighted by Gasteiger charge is 2.58. The van der Waals surface area contributed by atoms with Crippen LogP contribution in [-0.4, -0.2) is 18.9 Å². The number of unbranched alkanes of at least 4 members (excludes halogenated alkanes) is 10. The zero-order valence-corrected chi connectivity index (χ0v) is 26.2. The van der Waals surface area contributed by atoms with Gasteiger partial charge in [-0.25, -0.2) is 4.79 Å². The fraction of sp³-hybridized carbons (Fsp3) is 0.917. The van der Waals surface area contributed by atoms with Crippen LogP contribution < -0.4 is 0 Å². The predicted octanol–water partition coefficient (Wildman–Crippen LogP) is 11.2. The van der Waals surface area contributed by atoms with Crippen LogP contribution >= 0.6 is 0 Å². The molecule has 3 nitrogen and oxygen atoms in total. The third-order valence-corrected chi connectivity index (χ3v) is 12.1. The second-order valence-corrected chi connectivity index (χ2v) is 14.5. The van der Waals surface area contributed by atoms with Gasteiger partial charge in [0, 0.05) is 6.42 Å². The Morgan fingerprint density at radius 3 is 2.26 bits per heavy atom. The van der Waals surface area contributed by atoms with Gasteiger partial charge in [-0.1, -0.05) is 110 Å². The number of rotatable bonds is 15. The molecular formula is C36H62O3. The average Bonchev–Trinajstić information content (AvgIpc) is 3.26. The topological polar surface area (TPSA) is 35.5 Å². The molecule has 0 heterocycles. The van der Waals surface area contributed by atoms with Gasteiger partial charge in [-0.2, -0.15) is 0 Å². The lowest BCUT2D eigenvalue weighted by Crippen LogP contribution is -2.50. The first-order chi connectivity index (χ1) is 18.9. The minimum atomic E-state index is -0.442. The van der Waals surface area contributed by atoms with Crippen molar-refractivity contribution in [3.05, 3.63) is 11.6 Å². The minimum Gasteiger partial charge on any atom is -0.434 e. The van der Waals surface area contributed by atoms with Crippen LogP contribution in [0.1, 0.15) is 163 Å². The minimum absolute atomic E-state index is 0.0000251. The van der Waals surface area contributed by atoms with Crippen molar-refractivity contribution in [1.82, 2.24) is 0 Å². The molecule has 39 heavy (non-hydrogen) atoms. The summed E-state index contributed by atoms with van der Waals surface area (Å²) in [7, 11) is 0. The van der Waals surface area contributed by atoms with Crippen LogP contribution in [-0.2, 0) is 9.47 Å². The molecular weight excluding hydrogens is 480 g/mol. The van der Waals surface area contributed by atoms with Crippen molar-refractivity contribution in [2.75, 3.05) is 6.61 Å². The normalized spacial score (nSPS) is 35.5. The number of hydrogen-bond acceptors (Lipinski definition) is 3. The molecule has 3 saturated carbocycles. The summed E-state index contributed by atoms with van der Waals surface area (Å²) >= 11 is 0. The number of hydrogen-bond donors (Lipinski definition) is 0. The van der Waals surface area contributed by atoms with E-state index in [1.807, 2.05) is 0 Å². The highest BCUT2D eigenvalue weighted by atomic mass is 16.7. The summed E-state index contributed by atoms with van der Waals surface area (Å²) < 4.78 is 11.3. The van der Waals surface area contributed by atoms with Crippen molar-refractivity contribution < 1.29 is 14.3 Å². The van der Waals surface area contributed by atoms with Crippen LogP contribution in [0, 0.1) is 34.5 Å². The maximum Gasteiger partial charge on any atom is 0.508 e. The van der Waals surface area contributed by atoms with Crippen LogP contribution in [0.25, 0.3) is 0 Å². The Morgan fingerprint density at radius 1 is 0.821 bits per heavy atom. The monoisotopic (exact) mass is 542 g/mol. The molecule has 0 radical (unpaired) electrons. The Labute approximate surface area is 241 Å². The van der Waals surface area contributed by atoms with Gasteiger partial charge in [-0.05, 0) is 92.3 Å². The van der Waals surface area contributed by atoms with Crippen molar-refractivity contribution in [2.45, 2.75) is 169 Å². The van der Waals surface area contributed by atoms with Gasteiger partial charge in [0.05, 0.1) is 6.61 Å². The van der Waals surface area contributed by atoms with E-state index in [1.54, 1.807) is 5.57 Å². The molecule has 0 aromatic rings. The molecule has 0 spiro atoms. The average molecular weight is 543 g/mol. The molecule has 3 heteroatoms. The van der Waals surface area contributed by atoms with E-state index in [2.05, 4.69) is 33.8 Å². The molecule has 0 aliphatic heterocycles. The van der Waals surface area contributed by atoms with Crippen molar-refractivity contribution in [3.63, 3.8) is 0 Å². The molecule has 3 fully saturated rings. The second-order valence-electron chi connectivity index (χ2n) is 14.5. The summed E-state index contributed by atoms with van der Waals surface area (Å²) in [5.74, 6) is 3.57. The van der Waals surface area contributed by atoms with Gasteiger partial charge in [0.2, 0.25) is 0 Å². The van der Waals surface area contributed by atoms with E-state index in [1.165, 1.54) is 109 Å². The molecule has 0 saturated heterocycles. The van der Waals surface area contributed by atoms with Crippen molar-refractivity contribution >= 4 is 6.16 Å². The standard InChI is InChI=1S/C36H62O3/c1-5-7-9-11-13-15-17-28-19-21-32-31-20-18-29-27-30(39-34(37)38-26-16-14-12-10-8-6-2)22-24-36(29,4)33(31)23-25-35(28,32)3/h18,28,30-33H,5-17,19-27H2,1-4H3/t28-,30-,31-,32-,33-,35+,36-/m0/s1. The molecule has 224 valence electrons. The SMILES string of the molecule is CCCCCCCCOC(=O)O[C@H]1CC[C@@]2(C)C(=CC[C@H]3[C@@H]4CC[C@H](CCCCCCCC)[C@@]4(C)CC[C@@H]32)C1. The van der Waals surface area contributed by atoms with Crippen LogP contribution in [0.5, 0.6) is 0 Å². The van der Waals surface area contributed by atoms with Gasteiger partial charge in [-0.15, -0.1) is 0 Å². The first-order valence-electron chi connectivity index (χ1n) is 17.4. The van der Waals surface area contributed by atoms with Crippen LogP contribution in [0.4, 0.5) is 4.79 Å². The highest BCUT2D eigenvalue weighted by Crippen LogP contribution is 2.66.